The highest BCUT2D eigenvalue weighted by molar-refractivity contribution is 5.95. The van der Waals surface area contributed by atoms with Crippen LogP contribution in [0, 0.1) is 87.8 Å². The van der Waals surface area contributed by atoms with Crippen LogP contribution in [0.2, 0.25) is 0 Å². The molecule has 0 radical (unpaired) electrons. The third kappa shape index (κ3) is 7.26. The molecule has 4 saturated carbocycles. The Balaban J connectivity index is 1.17. The van der Waals surface area contributed by atoms with E-state index in [2.05, 4.69) is 41.7 Å². The van der Waals surface area contributed by atoms with Gasteiger partial charge < -0.3 is 46.7 Å². The molecule has 0 unspecified atom stereocenters. The largest absolute Gasteiger partial charge is 0.465 e. The summed E-state index contributed by atoms with van der Waals surface area (Å²) in [6, 6.07) is 1.96. The van der Waals surface area contributed by atoms with E-state index in [4.69, 9.17) is 16.2 Å². The van der Waals surface area contributed by atoms with Gasteiger partial charge >= 0.3 is 5.97 Å². The van der Waals surface area contributed by atoms with Crippen LogP contribution in [0.1, 0.15) is 123 Å². The number of esters is 1. The van der Waals surface area contributed by atoms with Gasteiger partial charge in [0.2, 0.25) is 0 Å². The van der Waals surface area contributed by atoms with Crippen LogP contribution < -0.4 is 11.5 Å². The normalized spacial score (nSPS) is 48.3. The third-order valence-electron chi connectivity index (χ3n) is 19.0. The van der Waals surface area contributed by atoms with Gasteiger partial charge in [0.15, 0.2) is 11.7 Å². The highest BCUT2D eigenvalue weighted by atomic mass is 16.5. The minimum Gasteiger partial charge on any atom is -0.465 e. The summed E-state index contributed by atoms with van der Waals surface area (Å²) in [6.07, 6.45) is 12.3. The number of nitrogens with two attached hydrogens (primary N) is 2. The molecule has 5 fully saturated rings. The molecule has 1 aromatic heterocycles. The zero-order valence-corrected chi connectivity index (χ0v) is 37.7. The summed E-state index contributed by atoms with van der Waals surface area (Å²) in [7, 11) is 0. The van der Waals surface area contributed by atoms with Crippen molar-refractivity contribution in [2.45, 2.75) is 147 Å². The quantitative estimate of drug-likeness (QED) is 0.0658. The van der Waals surface area contributed by atoms with Gasteiger partial charge in [-0.1, -0.05) is 38.3 Å². The number of ether oxygens (including phenoxy) is 1. The number of hydrogen-bond donors (Lipinski definition) is 8. The molecule has 8 aliphatic rings. The second kappa shape index (κ2) is 16.4. The first kappa shape index (κ1) is 44.7. The Morgan fingerprint density at radius 2 is 1.78 bits per heavy atom. The van der Waals surface area contributed by atoms with Crippen molar-refractivity contribution in [3.05, 3.63) is 47.3 Å². The van der Waals surface area contributed by atoms with E-state index in [0.29, 0.717) is 49.5 Å². The summed E-state index contributed by atoms with van der Waals surface area (Å²) >= 11 is 0. The molecular weight excluding hydrogens is 797 g/mol. The number of aliphatic hydroxyl groups excluding tert-OH is 3. The monoisotopic (exact) mass is 869 g/mol. The second-order valence-electron chi connectivity index (χ2n) is 22.3. The SMILES string of the molecule is C[C@@H]1CCC2=CC[C@@H]3[C@H](C[C@H]([C@H]4COC(=O)[C@@H]4c4cc[nH]c4)C#CC[C@H]4C[C@@]5(O)C6=CC(=O)[C@@H]7C[C@@H](O)[C@@H](O)C[C@]7(C)[C@H]6CC[C@]5(CCN=C(N)N)[C@H]4[C@@](C)(O)[C@H](O)C[C@H]3C)[C@@H]2C1. The fourth-order valence-electron chi connectivity index (χ4n) is 16.0. The maximum Gasteiger partial charge on any atom is 0.313 e. The summed E-state index contributed by atoms with van der Waals surface area (Å²) in [5.74, 6) is 5.83. The number of aromatic amines is 1. The van der Waals surface area contributed by atoms with Gasteiger partial charge in [-0.3, -0.25) is 14.6 Å². The lowest BCUT2D eigenvalue weighted by molar-refractivity contribution is -0.189. The van der Waals surface area contributed by atoms with Crippen molar-refractivity contribution in [2.75, 3.05) is 13.2 Å². The molecule has 63 heavy (non-hydrogen) atoms. The van der Waals surface area contributed by atoms with Gasteiger partial charge in [0, 0.05) is 54.4 Å². The number of carbonyl (C=O) groups excluding carboxylic acids is 2. The summed E-state index contributed by atoms with van der Waals surface area (Å²) in [5.41, 5.74) is 9.83. The summed E-state index contributed by atoms with van der Waals surface area (Å²) in [4.78, 5) is 35.4. The Bertz CT molecular complexity index is 2080. The molecule has 1 aromatic rings. The van der Waals surface area contributed by atoms with E-state index in [1.807, 2.05) is 25.4 Å². The van der Waals surface area contributed by atoms with Crippen LogP contribution >= 0.6 is 0 Å². The summed E-state index contributed by atoms with van der Waals surface area (Å²) in [6.45, 7) is 8.81. The van der Waals surface area contributed by atoms with E-state index in [-0.39, 0.29) is 85.6 Å². The summed E-state index contributed by atoms with van der Waals surface area (Å²) in [5, 5.41) is 61.5. The van der Waals surface area contributed by atoms with Gasteiger partial charge in [-0.05, 0) is 154 Å². The lowest BCUT2D eigenvalue weighted by Crippen LogP contribution is -2.64. The number of fused-ring (bicyclic) bond motifs is 10. The van der Waals surface area contributed by atoms with Crippen molar-refractivity contribution in [1.29, 1.82) is 0 Å². The number of nitrogens with one attached hydrogen (secondary N) is 1. The molecule has 12 heteroatoms. The second-order valence-corrected chi connectivity index (χ2v) is 22.3. The molecule has 2 heterocycles. The molecule has 10 N–H and O–H groups in total. The maximum atomic E-state index is 14.3. The number of cyclic esters (lactones) is 1. The predicted molar refractivity (Wildman–Crippen MR) is 238 cm³/mol. The first-order chi connectivity index (χ1) is 29.9. The number of ketones is 1. The Kier molecular flexibility index (Phi) is 11.7. The molecule has 1 aliphatic heterocycles. The van der Waals surface area contributed by atoms with Crippen LogP contribution in [-0.2, 0) is 14.3 Å². The zero-order valence-electron chi connectivity index (χ0n) is 37.7. The number of H-pyrrole nitrogens is 1. The van der Waals surface area contributed by atoms with E-state index < -0.39 is 64.0 Å². The van der Waals surface area contributed by atoms with Gasteiger partial charge in [0.25, 0.3) is 0 Å². The number of nitrogens with zero attached hydrogens (tertiary/aromatic N) is 1. The molecule has 19 atom stereocenters. The number of carbonyl (C=O) groups is 2. The van der Waals surface area contributed by atoms with E-state index >= 15 is 0 Å². The Morgan fingerprint density at radius 3 is 2.52 bits per heavy atom. The van der Waals surface area contributed by atoms with Crippen LogP contribution in [0.4, 0.5) is 0 Å². The van der Waals surface area contributed by atoms with Crippen LogP contribution in [0.25, 0.3) is 0 Å². The lowest BCUT2D eigenvalue weighted by atomic mass is 9.44. The topological polar surface area (TPSA) is 225 Å². The average molecular weight is 869 g/mol. The van der Waals surface area contributed by atoms with Crippen molar-refractivity contribution in [3.8, 4) is 11.8 Å². The fourth-order valence-corrected chi connectivity index (χ4v) is 16.0. The number of guanidine groups is 1. The molecule has 12 nitrogen and oxygen atoms in total. The number of aliphatic imine (C=N–C) groups is 1. The minimum atomic E-state index is -1.68. The summed E-state index contributed by atoms with van der Waals surface area (Å²) < 4.78 is 5.88. The average Bonchev–Trinajstić information content (AvgIpc) is 3.95. The maximum absolute atomic E-state index is 14.3. The molecule has 0 amide bonds. The van der Waals surface area contributed by atoms with Gasteiger partial charge in [0.1, 0.15) is 0 Å². The first-order valence-corrected chi connectivity index (χ1v) is 24.2. The van der Waals surface area contributed by atoms with E-state index in [1.54, 1.807) is 13.0 Å². The Labute approximate surface area is 372 Å². The molecule has 0 bridgehead atoms. The predicted octanol–water partition coefficient (Wildman–Crippen LogP) is 4.90. The van der Waals surface area contributed by atoms with Crippen LogP contribution in [-0.4, -0.2) is 90.9 Å². The third-order valence-corrected chi connectivity index (χ3v) is 19.0. The van der Waals surface area contributed by atoms with Crippen molar-refractivity contribution >= 4 is 17.7 Å². The number of allylic oxidation sites excluding steroid dienone is 3. The van der Waals surface area contributed by atoms with E-state index in [0.717, 1.165) is 31.2 Å². The Hall–Kier alpha value is -3.47. The molecule has 344 valence electrons. The number of aromatic nitrogens is 1. The van der Waals surface area contributed by atoms with Gasteiger partial charge in [-0.25, -0.2) is 0 Å². The van der Waals surface area contributed by atoms with Gasteiger partial charge in [-0.15, -0.1) is 5.92 Å². The Morgan fingerprint density at radius 1 is 0.984 bits per heavy atom. The minimum absolute atomic E-state index is 0.0264. The molecule has 7 aliphatic carbocycles. The molecule has 0 spiro atoms. The highest BCUT2D eigenvalue weighted by Gasteiger charge is 2.73. The fraction of sp³-hybridized carbons (Fsp3) is 0.745. The number of rotatable bonds is 5. The standard InChI is InChI=1S/C51H72N4O8/c1-27-8-9-29-10-11-33-28(2)19-43(59)49(4,61)45-31(7-5-6-30(20-35(33)34(29)18-27)36-26-63-46(60)44(36)32-13-16-54-25-32)23-51(62)38-21-40(56)39-22-41(57)42(58)24-48(39,3)37(38)12-14-50(45,51)15-17-55-47(52)53/h10,13,16,21,25,27-28,30-31,33-37,39,41-45,54,57-59,61-62H,7-9,11-12,14-15,17-20,22-24,26H2,1-4H3,(H4,52,53,55)/t27-,28-,30-,31+,33+,34-,35+,36-,37+,39+,41-,42+,43-,44-,45-,48-,49+,50+,51-/m1/s1. The zero-order chi connectivity index (χ0) is 44.8. The molecule has 1 saturated heterocycles. The number of aliphatic hydroxyl groups is 5. The van der Waals surface area contributed by atoms with Crippen LogP contribution in [0.5, 0.6) is 0 Å². The number of hydrogen-bond acceptors (Lipinski definition) is 9. The van der Waals surface area contributed by atoms with Crippen LogP contribution in [0.3, 0.4) is 0 Å². The van der Waals surface area contributed by atoms with Gasteiger partial charge in [0.05, 0.1) is 42.0 Å². The van der Waals surface area contributed by atoms with Gasteiger partial charge in [-0.2, -0.15) is 0 Å². The lowest BCUT2D eigenvalue weighted by Gasteiger charge is -2.61. The molecular formula is C51H72N4O8. The van der Waals surface area contributed by atoms with E-state index in [9.17, 15) is 35.1 Å². The smallest absolute Gasteiger partial charge is 0.313 e. The molecule has 0 aromatic carbocycles. The van der Waals surface area contributed by atoms with Crippen molar-refractivity contribution in [1.82, 2.24) is 4.98 Å². The highest BCUT2D eigenvalue weighted by Crippen LogP contribution is 2.72. The molecule has 9 rings (SSSR count). The van der Waals surface area contributed by atoms with Crippen molar-refractivity contribution in [3.63, 3.8) is 0 Å². The van der Waals surface area contributed by atoms with E-state index in [1.165, 1.54) is 12.0 Å². The first-order valence-electron chi connectivity index (χ1n) is 24.2. The van der Waals surface area contributed by atoms with Crippen molar-refractivity contribution in [2.24, 2.45) is 92.4 Å². The van der Waals surface area contributed by atoms with Crippen LogP contribution in [0.15, 0.2) is 46.8 Å². The van der Waals surface area contributed by atoms with Crippen molar-refractivity contribution < 1.29 is 39.9 Å².